The summed E-state index contributed by atoms with van der Waals surface area (Å²) in [6.07, 6.45) is 4.68. The second-order valence-corrected chi connectivity index (χ2v) is 7.03. The maximum absolute atomic E-state index is 11.9. The van der Waals surface area contributed by atoms with Crippen LogP contribution in [0.5, 0.6) is 0 Å². The van der Waals surface area contributed by atoms with Crippen LogP contribution in [0, 0.1) is 11.3 Å². The Morgan fingerprint density at radius 1 is 1.43 bits per heavy atom. The van der Waals surface area contributed by atoms with Crippen LogP contribution in [0.2, 0.25) is 0 Å². The predicted molar refractivity (Wildman–Crippen MR) is 80.6 cm³/mol. The van der Waals surface area contributed by atoms with E-state index < -0.39 is 0 Å². The van der Waals surface area contributed by atoms with Crippen molar-refractivity contribution in [2.45, 2.75) is 51.7 Å². The highest BCUT2D eigenvalue weighted by molar-refractivity contribution is 5.91. The number of aliphatic hydroxyl groups is 1. The van der Waals surface area contributed by atoms with E-state index in [4.69, 9.17) is 4.42 Å². The zero-order chi connectivity index (χ0) is 15.2. The minimum absolute atomic E-state index is 0.0316. The summed E-state index contributed by atoms with van der Waals surface area (Å²) in [7, 11) is 0. The Kier molecular flexibility index (Phi) is 3.44. The molecular formula is C17H23NO3. The Balaban J connectivity index is 1.54. The normalized spacial score (nSPS) is 33.7. The van der Waals surface area contributed by atoms with Gasteiger partial charge in [0.1, 0.15) is 11.5 Å². The first-order valence-corrected chi connectivity index (χ1v) is 7.64. The molecule has 0 spiro atoms. The van der Waals surface area contributed by atoms with Gasteiger partial charge >= 0.3 is 0 Å². The van der Waals surface area contributed by atoms with Crippen molar-refractivity contribution in [1.82, 2.24) is 5.32 Å². The first-order chi connectivity index (χ1) is 9.88. The summed E-state index contributed by atoms with van der Waals surface area (Å²) < 4.78 is 5.72. The van der Waals surface area contributed by atoms with Crippen molar-refractivity contribution in [2.24, 2.45) is 11.3 Å². The number of hydrogen-bond donors (Lipinski definition) is 2. The minimum atomic E-state index is -0.333. The molecule has 2 fully saturated rings. The molecule has 4 nitrogen and oxygen atoms in total. The molecule has 0 aromatic carbocycles. The topological polar surface area (TPSA) is 62.5 Å². The van der Waals surface area contributed by atoms with Crippen molar-refractivity contribution in [1.29, 1.82) is 0 Å². The molecule has 2 N–H and O–H groups in total. The predicted octanol–water partition coefficient (Wildman–Crippen LogP) is 2.69. The van der Waals surface area contributed by atoms with E-state index in [1.54, 1.807) is 6.08 Å². The van der Waals surface area contributed by atoms with Crippen LogP contribution in [0.1, 0.15) is 51.1 Å². The molecule has 2 aliphatic rings. The molecule has 1 amide bonds. The van der Waals surface area contributed by atoms with E-state index in [1.165, 1.54) is 12.5 Å². The van der Waals surface area contributed by atoms with Crippen LogP contribution < -0.4 is 5.32 Å². The lowest BCUT2D eigenvalue weighted by Crippen LogP contribution is -2.60. The largest absolute Gasteiger partial charge is 0.461 e. The molecule has 114 valence electrons. The first kappa shape index (κ1) is 14.4. The van der Waals surface area contributed by atoms with Gasteiger partial charge in [-0.2, -0.15) is 0 Å². The molecule has 2 saturated carbocycles. The number of rotatable bonds is 4. The van der Waals surface area contributed by atoms with Crippen LogP contribution in [-0.4, -0.2) is 23.2 Å². The van der Waals surface area contributed by atoms with Crippen molar-refractivity contribution < 1.29 is 14.3 Å². The quantitative estimate of drug-likeness (QED) is 0.838. The summed E-state index contributed by atoms with van der Waals surface area (Å²) in [6, 6.07) is 3.93. The highest BCUT2D eigenvalue weighted by Gasteiger charge is 2.47. The van der Waals surface area contributed by atoms with Gasteiger partial charge < -0.3 is 14.8 Å². The van der Waals surface area contributed by atoms with Gasteiger partial charge in [-0.3, -0.25) is 4.79 Å². The van der Waals surface area contributed by atoms with Crippen LogP contribution in [0.15, 0.2) is 22.6 Å². The van der Waals surface area contributed by atoms with E-state index >= 15 is 0 Å². The van der Waals surface area contributed by atoms with Crippen molar-refractivity contribution in [3.05, 3.63) is 29.7 Å². The lowest BCUT2D eigenvalue weighted by Gasteiger charge is -2.49. The van der Waals surface area contributed by atoms with Crippen LogP contribution >= 0.6 is 0 Å². The van der Waals surface area contributed by atoms with E-state index in [9.17, 15) is 9.90 Å². The van der Waals surface area contributed by atoms with E-state index in [-0.39, 0.29) is 23.5 Å². The number of amides is 1. The van der Waals surface area contributed by atoms with Gasteiger partial charge in [0.25, 0.3) is 0 Å². The van der Waals surface area contributed by atoms with E-state index in [2.05, 4.69) is 12.2 Å². The van der Waals surface area contributed by atoms with Crippen LogP contribution in [0.3, 0.4) is 0 Å². The number of furan rings is 1. The number of carbonyl (C=O) groups excluding carboxylic acids is 1. The third-order valence-corrected chi connectivity index (χ3v) is 5.05. The Hall–Kier alpha value is -1.55. The van der Waals surface area contributed by atoms with Crippen molar-refractivity contribution >= 4 is 12.0 Å². The number of carbonyl (C=O) groups is 1. The smallest absolute Gasteiger partial charge is 0.244 e. The molecule has 1 heterocycles. The highest BCUT2D eigenvalue weighted by atomic mass is 16.3. The van der Waals surface area contributed by atoms with Gasteiger partial charge in [-0.05, 0) is 37.0 Å². The molecule has 1 aromatic rings. The number of nitrogens with one attached hydrogen (secondary N) is 1. The summed E-state index contributed by atoms with van der Waals surface area (Å²) in [5.41, 5.74) is -0.247. The lowest BCUT2D eigenvalue weighted by atomic mass is 9.64. The fourth-order valence-electron chi connectivity index (χ4n) is 2.90. The molecule has 3 rings (SSSR count). The van der Waals surface area contributed by atoms with Gasteiger partial charge in [-0.1, -0.05) is 20.8 Å². The monoisotopic (exact) mass is 289 g/mol. The lowest BCUT2D eigenvalue weighted by molar-refractivity contribution is -0.124. The summed E-state index contributed by atoms with van der Waals surface area (Å²) >= 11 is 0. The zero-order valence-corrected chi connectivity index (χ0v) is 12.8. The molecule has 1 aromatic heterocycles. The SMILES string of the molecule is CC1CC1c1ccc(/C=C/C(=O)NC2CC(O)C2(C)C)o1. The average Bonchev–Trinajstić information content (AvgIpc) is 2.99. The van der Waals surface area contributed by atoms with Gasteiger partial charge in [0.15, 0.2) is 0 Å². The molecular weight excluding hydrogens is 266 g/mol. The second kappa shape index (κ2) is 5.02. The van der Waals surface area contributed by atoms with Crippen LogP contribution in [0.25, 0.3) is 6.08 Å². The Morgan fingerprint density at radius 3 is 2.71 bits per heavy atom. The zero-order valence-electron chi connectivity index (χ0n) is 12.8. The molecule has 4 unspecified atom stereocenters. The van der Waals surface area contributed by atoms with Gasteiger partial charge in [0, 0.05) is 23.5 Å². The molecule has 4 heteroatoms. The number of aliphatic hydroxyl groups excluding tert-OH is 1. The Labute approximate surface area is 125 Å². The Morgan fingerprint density at radius 2 is 2.14 bits per heavy atom. The van der Waals surface area contributed by atoms with Crippen molar-refractivity contribution in [2.75, 3.05) is 0 Å². The Bertz CT molecular complexity index is 572. The van der Waals surface area contributed by atoms with E-state index in [1.807, 2.05) is 26.0 Å². The molecule has 0 aliphatic heterocycles. The molecule has 0 bridgehead atoms. The third-order valence-electron chi connectivity index (χ3n) is 5.05. The maximum Gasteiger partial charge on any atom is 0.244 e. The molecule has 2 aliphatic carbocycles. The maximum atomic E-state index is 11.9. The summed E-state index contributed by atoms with van der Waals surface area (Å²) in [5.74, 6) is 2.86. The molecule has 0 saturated heterocycles. The molecule has 4 atom stereocenters. The summed E-state index contributed by atoms with van der Waals surface area (Å²) in [5, 5.41) is 12.6. The second-order valence-electron chi connectivity index (χ2n) is 7.03. The summed E-state index contributed by atoms with van der Waals surface area (Å²) in [6.45, 7) is 6.14. The van der Waals surface area contributed by atoms with Gasteiger partial charge in [0.05, 0.1) is 6.10 Å². The van der Waals surface area contributed by atoms with E-state index in [0.29, 0.717) is 24.0 Å². The van der Waals surface area contributed by atoms with Crippen LogP contribution in [-0.2, 0) is 4.79 Å². The van der Waals surface area contributed by atoms with Crippen molar-refractivity contribution in [3.63, 3.8) is 0 Å². The van der Waals surface area contributed by atoms with Gasteiger partial charge in [-0.25, -0.2) is 0 Å². The highest BCUT2D eigenvalue weighted by Crippen LogP contribution is 2.47. The van der Waals surface area contributed by atoms with Gasteiger partial charge in [-0.15, -0.1) is 0 Å². The average molecular weight is 289 g/mol. The standard InChI is InChI=1S/C17H23NO3/c1-10-8-12(10)13-6-4-11(21-13)5-7-16(20)18-14-9-15(19)17(14,2)3/h4-7,10,12,14-15,19H,8-9H2,1-3H3,(H,18,20)/b7-5+. The van der Waals surface area contributed by atoms with E-state index in [0.717, 1.165) is 5.76 Å². The fourth-order valence-corrected chi connectivity index (χ4v) is 2.90. The molecule has 21 heavy (non-hydrogen) atoms. The van der Waals surface area contributed by atoms with Crippen molar-refractivity contribution in [3.8, 4) is 0 Å². The van der Waals surface area contributed by atoms with Crippen LogP contribution in [0.4, 0.5) is 0 Å². The minimum Gasteiger partial charge on any atom is -0.461 e. The fraction of sp³-hybridized carbons (Fsp3) is 0.588. The summed E-state index contributed by atoms with van der Waals surface area (Å²) in [4.78, 5) is 11.9. The third kappa shape index (κ3) is 2.77. The van der Waals surface area contributed by atoms with Gasteiger partial charge in [0.2, 0.25) is 5.91 Å². The number of hydrogen-bond acceptors (Lipinski definition) is 3. The molecule has 0 radical (unpaired) electrons. The first-order valence-electron chi connectivity index (χ1n) is 7.64.